The molecule has 0 aliphatic carbocycles. The fourth-order valence-electron chi connectivity index (χ4n) is 2.57. The van der Waals surface area contributed by atoms with Crippen LogP contribution < -0.4 is 16.0 Å². The Morgan fingerprint density at radius 2 is 1.90 bits per heavy atom. The van der Waals surface area contributed by atoms with Gasteiger partial charge >= 0.3 is 6.03 Å². The Balaban J connectivity index is 1.50. The van der Waals surface area contributed by atoms with Gasteiger partial charge in [-0.2, -0.15) is 0 Å². The maximum Gasteiger partial charge on any atom is 0.319 e. The summed E-state index contributed by atoms with van der Waals surface area (Å²) in [4.78, 5) is 29.7. The van der Waals surface area contributed by atoms with Crippen molar-refractivity contribution in [2.75, 3.05) is 17.2 Å². The molecule has 3 aromatic rings. The summed E-state index contributed by atoms with van der Waals surface area (Å²) in [5, 5.41) is 10.1. The van der Waals surface area contributed by atoms with Gasteiger partial charge in [0, 0.05) is 27.3 Å². The van der Waals surface area contributed by atoms with Gasteiger partial charge in [-0.05, 0) is 62.2 Å². The number of aromatic nitrogens is 1. The van der Waals surface area contributed by atoms with Crippen molar-refractivity contribution in [2.24, 2.45) is 0 Å². The molecule has 0 aliphatic rings. The van der Waals surface area contributed by atoms with Gasteiger partial charge in [0.05, 0.1) is 6.54 Å². The number of amides is 3. The van der Waals surface area contributed by atoms with Crippen LogP contribution in [0.3, 0.4) is 0 Å². The number of thiazole rings is 1. The van der Waals surface area contributed by atoms with Crippen molar-refractivity contribution < 1.29 is 9.59 Å². The van der Waals surface area contributed by atoms with Crippen molar-refractivity contribution >= 4 is 46.4 Å². The van der Waals surface area contributed by atoms with Crippen LogP contribution >= 0.6 is 23.1 Å². The van der Waals surface area contributed by atoms with E-state index in [-0.39, 0.29) is 12.5 Å². The summed E-state index contributed by atoms with van der Waals surface area (Å²) >= 11 is 3.21. The second-order valence-electron chi connectivity index (χ2n) is 6.56. The van der Waals surface area contributed by atoms with E-state index in [0.29, 0.717) is 5.69 Å². The molecule has 0 unspecified atom stereocenters. The van der Waals surface area contributed by atoms with E-state index < -0.39 is 6.03 Å². The zero-order valence-corrected chi connectivity index (χ0v) is 18.0. The maximum absolute atomic E-state index is 12.2. The molecule has 1 aromatic heterocycles. The van der Waals surface area contributed by atoms with Gasteiger partial charge in [0.15, 0.2) is 4.34 Å². The second kappa shape index (κ2) is 9.58. The van der Waals surface area contributed by atoms with Gasteiger partial charge in [-0.3, -0.25) is 4.79 Å². The number of benzene rings is 2. The third kappa shape index (κ3) is 6.33. The zero-order chi connectivity index (χ0) is 20.8. The SMILES string of the molecule is Cc1cccc(NC(=O)NCC(=O)Nc2ccc(Sc3nc(C)cs3)cc2C)c1. The summed E-state index contributed by atoms with van der Waals surface area (Å²) in [6.07, 6.45) is 0. The van der Waals surface area contributed by atoms with E-state index in [1.165, 1.54) is 0 Å². The molecule has 0 atom stereocenters. The van der Waals surface area contributed by atoms with Crippen LogP contribution in [0.4, 0.5) is 16.2 Å². The van der Waals surface area contributed by atoms with Gasteiger partial charge in [-0.1, -0.05) is 23.9 Å². The monoisotopic (exact) mass is 426 g/mol. The van der Waals surface area contributed by atoms with Crippen molar-refractivity contribution in [3.63, 3.8) is 0 Å². The predicted octanol–water partition coefficient (Wildman–Crippen LogP) is 4.98. The first kappa shape index (κ1) is 20.9. The number of carbonyl (C=O) groups is 2. The van der Waals surface area contributed by atoms with Crippen LogP contribution in [0.1, 0.15) is 16.8 Å². The van der Waals surface area contributed by atoms with E-state index >= 15 is 0 Å². The molecule has 150 valence electrons. The minimum absolute atomic E-state index is 0.119. The number of nitrogens with zero attached hydrogens (tertiary/aromatic N) is 1. The largest absolute Gasteiger partial charge is 0.329 e. The predicted molar refractivity (Wildman–Crippen MR) is 119 cm³/mol. The van der Waals surface area contributed by atoms with E-state index in [0.717, 1.165) is 31.7 Å². The third-order valence-corrected chi connectivity index (χ3v) is 6.01. The van der Waals surface area contributed by atoms with Gasteiger partial charge in [0.1, 0.15) is 0 Å². The lowest BCUT2D eigenvalue weighted by atomic mass is 10.2. The minimum Gasteiger partial charge on any atom is -0.329 e. The van der Waals surface area contributed by atoms with Crippen molar-refractivity contribution in [1.82, 2.24) is 10.3 Å². The van der Waals surface area contributed by atoms with Crippen LogP contribution in [-0.2, 0) is 4.79 Å². The molecule has 0 bridgehead atoms. The van der Waals surface area contributed by atoms with Crippen LogP contribution in [0.25, 0.3) is 0 Å². The highest BCUT2D eigenvalue weighted by atomic mass is 32.2. The zero-order valence-electron chi connectivity index (χ0n) is 16.4. The Morgan fingerprint density at radius 1 is 1.07 bits per heavy atom. The van der Waals surface area contributed by atoms with Gasteiger partial charge < -0.3 is 16.0 Å². The lowest BCUT2D eigenvalue weighted by molar-refractivity contribution is -0.115. The molecule has 29 heavy (non-hydrogen) atoms. The summed E-state index contributed by atoms with van der Waals surface area (Å²) in [6.45, 7) is 5.73. The first-order chi connectivity index (χ1) is 13.9. The number of anilines is 2. The number of hydrogen-bond acceptors (Lipinski definition) is 5. The second-order valence-corrected chi connectivity index (χ2v) is 8.74. The van der Waals surface area contributed by atoms with Gasteiger partial charge in [0.2, 0.25) is 5.91 Å². The number of nitrogens with one attached hydrogen (secondary N) is 3. The Kier molecular flexibility index (Phi) is 6.90. The van der Waals surface area contributed by atoms with E-state index in [9.17, 15) is 9.59 Å². The van der Waals surface area contributed by atoms with E-state index in [4.69, 9.17) is 0 Å². The minimum atomic E-state index is -0.423. The van der Waals surface area contributed by atoms with Crippen LogP contribution in [0.5, 0.6) is 0 Å². The Morgan fingerprint density at radius 3 is 2.59 bits per heavy atom. The van der Waals surface area contributed by atoms with Crippen LogP contribution in [0.15, 0.2) is 57.1 Å². The molecular formula is C21H22N4O2S2. The van der Waals surface area contributed by atoms with Crippen molar-refractivity contribution in [1.29, 1.82) is 0 Å². The quantitative estimate of drug-likeness (QED) is 0.519. The first-order valence-corrected chi connectivity index (χ1v) is 10.7. The molecule has 2 aromatic carbocycles. The number of hydrogen-bond donors (Lipinski definition) is 3. The smallest absolute Gasteiger partial charge is 0.319 e. The molecule has 0 radical (unpaired) electrons. The van der Waals surface area contributed by atoms with Crippen LogP contribution in [-0.4, -0.2) is 23.5 Å². The van der Waals surface area contributed by atoms with Gasteiger partial charge in [-0.25, -0.2) is 9.78 Å². The van der Waals surface area contributed by atoms with Crippen LogP contribution in [0.2, 0.25) is 0 Å². The van der Waals surface area contributed by atoms with E-state index in [1.807, 2.05) is 62.5 Å². The average Bonchev–Trinajstić information content (AvgIpc) is 3.07. The molecule has 0 saturated heterocycles. The highest BCUT2D eigenvalue weighted by Gasteiger charge is 2.09. The Bertz CT molecular complexity index is 1030. The molecule has 8 heteroatoms. The molecule has 0 fully saturated rings. The van der Waals surface area contributed by atoms with E-state index in [2.05, 4.69) is 20.9 Å². The fraction of sp³-hybridized carbons (Fsp3) is 0.190. The highest BCUT2D eigenvalue weighted by molar-refractivity contribution is 8.01. The molecule has 0 saturated carbocycles. The van der Waals surface area contributed by atoms with Crippen molar-refractivity contribution in [3.8, 4) is 0 Å². The maximum atomic E-state index is 12.2. The molecule has 3 amide bonds. The summed E-state index contributed by atoms with van der Waals surface area (Å²) in [7, 11) is 0. The number of urea groups is 1. The number of rotatable bonds is 6. The summed E-state index contributed by atoms with van der Waals surface area (Å²) in [6, 6.07) is 12.9. The number of aryl methyl sites for hydroxylation is 3. The fourth-order valence-corrected chi connectivity index (χ4v) is 4.48. The van der Waals surface area contributed by atoms with Gasteiger partial charge in [-0.15, -0.1) is 11.3 Å². The lowest BCUT2D eigenvalue weighted by Crippen LogP contribution is -2.35. The molecule has 1 heterocycles. The summed E-state index contributed by atoms with van der Waals surface area (Å²) in [5.74, 6) is -0.288. The van der Waals surface area contributed by atoms with Crippen molar-refractivity contribution in [3.05, 3.63) is 64.7 Å². The van der Waals surface area contributed by atoms with Crippen LogP contribution in [0, 0.1) is 20.8 Å². The Hall–Kier alpha value is -2.84. The number of carbonyl (C=O) groups excluding carboxylic acids is 2. The molecule has 6 nitrogen and oxygen atoms in total. The normalized spacial score (nSPS) is 10.4. The first-order valence-electron chi connectivity index (χ1n) is 9.01. The average molecular weight is 427 g/mol. The molecule has 0 aliphatic heterocycles. The van der Waals surface area contributed by atoms with Gasteiger partial charge in [0.25, 0.3) is 0 Å². The topological polar surface area (TPSA) is 83.1 Å². The summed E-state index contributed by atoms with van der Waals surface area (Å²) < 4.78 is 0.988. The molecule has 0 spiro atoms. The van der Waals surface area contributed by atoms with Crippen molar-refractivity contribution in [2.45, 2.75) is 30.0 Å². The molecular weight excluding hydrogens is 404 g/mol. The highest BCUT2D eigenvalue weighted by Crippen LogP contribution is 2.32. The standard InChI is InChI=1S/C21H22N4O2S2/c1-13-5-4-6-16(9-13)24-20(27)22-11-19(26)25-18-8-7-17(10-14(18)2)29-21-23-15(3)12-28-21/h4-10,12H,11H2,1-3H3,(H,25,26)(H2,22,24,27). The molecule has 3 rings (SSSR count). The third-order valence-electron chi connectivity index (χ3n) is 3.96. The molecule has 3 N–H and O–H groups in total. The lowest BCUT2D eigenvalue weighted by Gasteiger charge is -2.11. The summed E-state index contributed by atoms with van der Waals surface area (Å²) in [5.41, 5.74) is 4.40. The van der Waals surface area contributed by atoms with E-state index in [1.54, 1.807) is 29.2 Å². The Labute approximate surface area is 178 Å².